The largest absolute Gasteiger partial charge is 0.350 e. The lowest BCUT2D eigenvalue weighted by molar-refractivity contribution is 0.0538. The minimum atomic E-state index is -1.29. The molecule has 0 aliphatic rings. The molecule has 2 aromatic carbocycles. The molecule has 28 heavy (non-hydrogen) atoms. The van der Waals surface area contributed by atoms with Crippen molar-refractivity contribution in [3.63, 3.8) is 0 Å². The van der Waals surface area contributed by atoms with Crippen LogP contribution in [0.5, 0.6) is 0 Å². The van der Waals surface area contributed by atoms with E-state index in [0.717, 1.165) is 12.1 Å². The van der Waals surface area contributed by atoms with E-state index in [1.165, 1.54) is 19.2 Å². The molecule has 0 heterocycles. The van der Waals surface area contributed by atoms with Crippen molar-refractivity contribution >= 4 is 17.3 Å². The molecule has 0 saturated carbocycles. The highest BCUT2D eigenvalue weighted by Crippen LogP contribution is 2.28. The van der Waals surface area contributed by atoms with E-state index >= 15 is 0 Å². The first kappa shape index (κ1) is 27.7. The van der Waals surface area contributed by atoms with Gasteiger partial charge in [0, 0.05) is 0 Å². The zero-order chi connectivity index (χ0) is 22.3. The second kappa shape index (κ2) is 15.5. The predicted molar refractivity (Wildman–Crippen MR) is 109 cm³/mol. The van der Waals surface area contributed by atoms with Gasteiger partial charge in [0.1, 0.15) is 5.82 Å². The second-order valence-corrected chi connectivity index (χ2v) is 4.53. The fourth-order valence-corrected chi connectivity index (χ4v) is 1.87. The molecule has 2 rings (SSSR count). The van der Waals surface area contributed by atoms with Gasteiger partial charge in [-0.05, 0) is 36.8 Å². The Morgan fingerprint density at radius 2 is 1.46 bits per heavy atom. The third kappa shape index (κ3) is 8.00. The number of nitrogens with one attached hydrogen (secondary N) is 2. The third-order valence-electron chi connectivity index (χ3n) is 2.92. The van der Waals surface area contributed by atoms with Crippen LogP contribution in [0.15, 0.2) is 30.3 Å². The maximum Gasteiger partial charge on any atom is 0.277 e. The first-order chi connectivity index (χ1) is 13.4. The van der Waals surface area contributed by atoms with E-state index in [1.807, 2.05) is 47.0 Å². The molecule has 0 saturated heterocycles. The van der Waals surface area contributed by atoms with Gasteiger partial charge in [-0.15, -0.1) is 0 Å². The third-order valence-corrected chi connectivity index (χ3v) is 2.92. The summed E-state index contributed by atoms with van der Waals surface area (Å²) in [5.41, 5.74) is 1.89. The monoisotopic (exact) mass is 400 g/mol. The van der Waals surface area contributed by atoms with E-state index < -0.39 is 29.0 Å². The maximum atomic E-state index is 14.0. The van der Waals surface area contributed by atoms with Gasteiger partial charge in [0.25, 0.3) is 5.91 Å². The number of hydrogen-bond donors (Lipinski definition) is 2. The molecule has 0 aromatic heterocycles. The quantitative estimate of drug-likeness (QED) is 0.574. The summed E-state index contributed by atoms with van der Waals surface area (Å²) in [7, 11) is 1.20. The molecular weight excluding hydrogens is 369 g/mol. The van der Waals surface area contributed by atoms with Crippen molar-refractivity contribution in [1.82, 2.24) is 5.48 Å². The lowest BCUT2D eigenvalue weighted by atomic mass is 10.1. The Balaban J connectivity index is 0. The van der Waals surface area contributed by atoms with Crippen LogP contribution >= 0.6 is 0 Å². The average Bonchev–Trinajstić information content (AvgIpc) is 2.72. The molecule has 2 N–H and O–H groups in total. The van der Waals surface area contributed by atoms with Gasteiger partial charge < -0.3 is 5.32 Å². The second-order valence-electron chi connectivity index (χ2n) is 4.53. The molecule has 0 aliphatic heterocycles. The summed E-state index contributed by atoms with van der Waals surface area (Å²) >= 11 is 0. The number of halogens is 3. The van der Waals surface area contributed by atoms with Crippen LogP contribution in [-0.4, -0.2) is 13.0 Å². The Bertz CT molecular complexity index is 723. The highest BCUT2D eigenvalue weighted by atomic mass is 19.2. The van der Waals surface area contributed by atoms with Gasteiger partial charge in [0.15, 0.2) is 11.6 Å². The Labute approximate surface area is 166 Å². The van der Waals surface area contributed by atoms with Crippen molar-refractivity contribution in [2.75, 3.05) is 12.4 Å². The average molecular weight is 400 g/mol. The fraction of sp³-hybridized carbons (Fsp3) is 0.381. The van der Waals surface area contributed by atoms with E-state index in [4.69, 9.17) is 0 Å². The summed E-state index contributed by atoms with van der Waals surface area (Å²) in [6, 6.07) is 6.07. The Hall–Kier alpha value is -2.54. The van der Waals surface area contributed by atoms with Crippen molar-refractivity contribution in [2.24, 2.45) is 0 Å². The van der Waals surface area contributed by atoms with Crippen LogP contribution in [-0.2, 0) is 4.84 Å². The van der Waals surface area contributed by atoms with E-state index in [2.05, 4.69) is 10.2 Å². The van der Waals surface area contributed by atoms with Crippen LogP contribution in [0.2, 0.25) is 0 Å². The summed E-state index contributed by atoms with van der Waals surface area (Å²) in [6.07, 6.45) is 0. The predicted octanol–water partition coefficient (Wildman–Crippen LogP) is 6.53. The van der Waals surface area contributed by atoms with Gasteiger partial charge in [-0.2, -0.15) is 0 Å². The van der Waals surface area contributed by atoms with Gasteiger partial charge in [-0.1, -0.05) is 47.6 Å². The van der Waals surface area contributed by atoms with Gasteiger partial charge in [-0.3, -0.25) is 9.63 Å². The number of rotatable bonds is 4. The summed E-state index contributed by atoms with van der Waals surface area (Å²) in [5.74, 6) is -3.90. The summed E-state index contributed by atoms with van der Waals surface area (Å²) < 4.78 is 41.2. The molecule has 1 amide bonds. The van der Waals surface area contributed by atoms with Crippen LogP contribution < -0.4 is 10.8 Å². The van der Waals surface area contributed by atoms with Gasteiger partial charge in [0.05, 0.1) is 24.0 Å². The zero-order valence-corrected chi connectivity index (χ0v) is 17.8. The number of amides is 1. The molecule has 158 valence electrons. The van der Waals surface area contributed by atoms with Crippen LogP contribution in [0.4, 0.5) is 24.5 Å². The zero-order valence-electron chi connectivity index (χ0n) is 17.8. The molecule has 0 spiro atoms. The molecule has 4 nitrogen and oxygen atoms in total. The van der Waals surface area contributed by atoms with Crippen molar-refractivity contribution in [1.29, 1.82) is 0 Å². The summed E-state index contributed by atoms with van der Waals surface area (Å²) in [5, 5.41) is 2.41. The topological polar surface area (TPSA) is 50.4 Å². The molecule has 0 aliphatic carbocycles. The normalized spacial score (nSPS) is 8.82. The minimum Gasteiger partial charge on any atom is -0.350 e. The van der Waals surface area contributed by atoms with Crippen molar-refractivity contribution in [3.8, 4) is 0 Å². The fourth-order valence-electron chi connectivity index (χ4n) is 1.87. The number of hydroxylamine groups is 1. The van der Waals surface area contributed by atoms with Crippen LogP contribution in [0.25, 0.3) is 0 Å². The number of aryl methyl sites for hydroxylation is 1. The number of carbonyl (C=O) groups excluding carboxylic acids is 1. The lowest BCUT2D eigenvalue weighted by Gasteiger charge is -2.14. The van der Waals surface area contributed by atoms with Gasteiger partial charge in [0.2, 0.25) is 0 Å². The first-order valence-corrected chi connectivity index (χ1v) is 9.28. The SMILES string of the molecule is CC.CC.CC.CONC(=O)c1ccc(F)c(F)c1Nc1ccc(C)cc1F. The van der Waals surface area contributed by atoms with Crippen molar-refractivity contribution < 1.29 is 22.8 Å². The van der Waals surface area contributed by atoms with Crippen LogP contribution in [0.1, 0.15) is 57.5 Å². The molecule has 0 bridgehead atoms. The summed E-state index contributed by atoms with van der Waals surface area (Å²) in [4.78, 5) is 16.3. The maximum absolute atomic E-state index is 14.0. The van der Waals surface area contributed by atoms with Crippen LogP contribution in [0, 0.1) is 24.4 Å². The Morgan fingerprint density at radius 1 is 0.893 bits per heavy atom. The van der Waals surface area contributed by atoms with E-state index in [9.17, 15) is 18.0 Å². The van der Waals surface area contributed by atoms with Gasteiger partial charge in [-0.25, -0.2) is 18.7 Å². The molecular formula is C21H31F3N2O2. The Morgan fingerprint density at radius 3 is 1.96 bits per heavy atom. The lowest BCUT2D eigenvalue weighted by Crippen LogP contribution is -2.23. The van der Waals surface area contributed by atoms with Crippen molar-refractivity contribution in [3.05, 3.63) is 58.9 Å². The molecule has 2 aromatic rings. The van der Waals surface area contributed by atoms with E-state index in [0.29, 0.717) is 5.56 Å². The standard InChI is InChI=1S/C15H13F3N2O2.3C2H6/c1-8-3-6-12(11(17)7-8)19-14-9(15(21)20-22-2)4-5-10(16)13(14)18;3*1-2/h3-7,19H,1-2H3,(H,20,21);3*1-2H3. The molecule has 0 atom stereocenters. The number of hydrogen-bond acceptors (Lipinski definition) is 3. The first-order valence-electron chi connectivity index (χ1n) is 9.28. The Kier molecular flexibility index (Phi) is 15.3. The smallest absolute Gasteiger partial charge is 0.277 e. The highest BCUT2D eigenvalue weighted by Gasteiger charge is 2.20. The van der Waals surface area contributed by atoms with E-state index in [1.54, 1.807) is 13.0 Å². The van der Waals surface area contributed by atoms with Gasteiger partial charge >= 0.3 is 0 Å². The molecule has 0 unspecified atom stereocenters. The number of anilines is 2. The molecule has 0 radical (unpaired) electrons. The molecule has 7 heteroatoms. The summed E-state index contributed by atoms with van der Waals surface area (Å²) in [6.45, 7) is 13.7. The number of carbonyl (C=O) groups is 1. The van der Waals surface area contributed by atoms with Crippen molar-refractivity contribution in [2.45, 2.75) is 48.5 Å². The van der Waals surface area contributed by atoms with E-state index in [-0.39, 0.29) is 11.3 Å². The molecule has 0 fully saturated rings. The van der Waals surface area contributed by atoms with Crippen LogP contribution in [0.3, 0.4) is 0 Å². The highest BCUT2D eigenvalue weighted by molar-refractivity contribution is 5.99. The minimum absolute atomic E-state index is 0.0819. The number of benzene rings is 2.